The number of piperidine rings is 1. The Morgan fingerprint density at radius 3 is 2.50 bits per heavy atom. The molecule has 1 aliphatic carbocycles. The van der Waals surface area contributed by atoms with Crippen LogP contribution in [-0.2, 0) is 4.79 Å². The molecule has 3 aliphatic rings. The first-order valence-corrected chi connectivity index (χ1v) is 3.76. The minimum absolute atomic E-state index is 0.106. The fourth-order valence-corrected chi connectivity index (χ4v) is 1.94. The first kappa shape index (κ1) is 6.16. The van der Waals surface area contributed by atoms with Crippen LogP contribution in [0, 0.1) is 5.92 Å². The van der Waals surface area contributed by atoms with Gasteiger partial charge >= 0.3 is 5.97 Å². The molecule has 2 heterocycles. The molecule has 2 aliphatic heterocycles. The summed E-state index contributed by atoms with van der Waals surface area (Å²) in [6, 6.07) is 0.928. The molecule has 1 saturated carbocycles. The van der Waals surface area contributed by atoms with Gasteiger partial charge in [-0.2, -0.15) is 0 Å². The van der Waals surface area contributed by atoms with Crippen molar-refractivity contribution in [3.8, 4) is 0 Å². The van der Waals surface area contributed by atoms with E-state index in [9.17, 15) is 4.79 Å². The monoisotopic (exact) mass is 141 g/mol. The number of carboxylic acid groups (broad SMARTS) is 1. The molecule has 3 atom stereocenters. The molecule has 2 bridgehead atoms. The lowest BCUT2D eigenvalue weighted by molar-refractivity contribution is -0.146. The van der Waals surface area contributed by atoms with Crippen LogP contribution in [0.3, 0.4) is 0 Å². The number of carbonyl (C=O) groups is 1. The van der Waals surface area contributed by atoms with Gasteiger partial charge in [0, 0.05) is 12.1 Å². The largest absolute Gasteiger partial charge is 0.481 e. The van der Waals surface area contributed by atoms with Crippen molar-refractivity contribution in [2.45, 2.75) is 31.3 Å². The second-order valence-electron chi connectivity index (χ2n) is 3.23. The van der Waals surface area contributed by atoms with Crippen molar-refractivity contribution in [3.63, 3.8) is 0 Å². The average molecular weight is 141 g/mol. The van der Waals surface area contributed by atoms with Gasteiger partial charge in [-0.3, -0.25) is 4.79 Å². The molecule has 2 N–H and O–H groups in total. The minimum atomic E-state index is -0.629. The highest BCUT2D eigenvalue weighted by Gasteiger charge is 2.42. The Balaban J connectivity index is 2.02. The van der Waals surface area contributed by atoms with Crippen LogP contribution < -0.4 is 5.32 Å². The van der Waals surface area contributed by atoms with E-state index in [0.29, 0.717) is 6.04 Å². The Morgan fingerprint density at radius 2 is 2.20 bits per heavy atom. The quantitative estimate of drug-likeness (QED) is 0.549. The van der Waals surface area contributed by atoms with E-state index < -0.39 is 5.97 Å². The Kier molecular flexibility index (Phi) is 1.20. The van der Waals surface area contributed by atoms with Gasteiger partial charge in [0.25, 0.3) is 0 Å². The van der Waals surface area contributed by atoms with Crippen LogP contribution in [0.2, 0.25) is 0 Å². The van der Waals surface area contributed by atoms with Crippen molar-refractivity contribution in [2.75, 3.05) is 0 Å². The molecular weight excluding hydrogens is 130 g/mol. The van der Waals surface area contributed by atoms with Gasteiger partial charge in [-0.25, -0.2) is 0 Å². The van der Waals surface area contributed by atoms with Gasteiger partial charge in [0.1, 0.15) is 0 Å². The van der Waals surface area contributed by atoms with Crippen LogP contribution in [-0.4, -0.2) is 23.2 Å². The lowest BCUT2D eigenvalue weighted by Gasteiger charge is -2.46. The van der Waals surface area contributed by atoms with E-state index in [1.165, 1.54) is 0 Å². The summed E-state index contributed by atoms with van der Waals surface area (Å²) >= 11 is 0. The van der Waals surface area contributed by atoms with Gasteiger partial charge in [0.15, 0.2) is 0 Å². The zero-order chi connectivity index (χ0) is 7.14. The number of fused-ring (bicyclic) bond motifs is 2. The average Bonchev–Trinajstić information content (AvgIpc) is 1.86. The number of hydrogen-bond acceptors (Lipinski definition) is 2. The van der Waals surface area contributed by atoms with Gasteiger partial charge in [-0.1, -0.05) is 0 Å². The number of aliphatic carboxylic acids is 1. The summed E-state index contributed by atoms with van der Waals surface area (Å²) in [4.78, 5) is 10.5. The molecule has 56 valence electrons. The topological polar surface area (TPSA) is 49.3 Å². The molecule has 2 saturated heterocycles. The zero-order valence-corrected chi connectivity index (χ0v) is 5.71. The van der Waals surface area contributed by atoms with Crippen LogP contribution >= 0.6 is 0 Å². The maximum Gasteiger partial charge on any atom is 0.308 e. The smallest absolute Gasteiger partial charge is 0.308 e. The van der Waals surface area contributed by atoms with Crippen LogP contribution in [0.25, 0.3) is 0 Å². The van der Waals surface area contributed by atoms with Crippen LogP contribution in [0.15, 0.2) is 0 Å². The molecule has 0 aromatic heterocycles. The Hall–Kier alpha value is -0.570. The van der Waals surface area contributed by atoms with E-state index in [2.05, 4.69) is 5.32 Å². The third-order valence-corrected chi connectivity index (χ3v) is 2.62. The minimum Gasteiger partial charge on any atom is -0.481 e. The van der Waals surface area contributed by atoms with Crippen molar-refractivity contribution < 1.29 is 9.90 Å². The molecule has 0 amide bonds. The Labute approximate surface area is 59.4 Å². The highest BCUT2D eigenvalue weighted by atomic mass is 16.4. The third-order valence-electron chi connectivity index (χ3n) is 2.62. The van der Waals surface area contributed by atoms with Gasteiger partial charge < -0.3 is 10.4 Å². The molecular formula is C7H11NO2. The van der Waals surface area contributed by atoms with E-state index in [-0.39, 0.29) is 12.0 Å². The van der Waals surface area contributed by atoms with Crippen molar-refractivity contribution >= 4 is 5.97 Å². The molecule has 0 radical (unpaired) electrons. The van der Waals surface area contributed by atoms with E-state index in [1.54, 1.807) is 0 Å². The Morgan fingerprint density at radius 1 is 1.50 bits per heavy atom. The molecule has 3 rings (SSSR count). The highest BCUT2D eigenvalue weighted by molar-refractivity contribution is 5.71. The third kappa shape index (κ3) is 0.736. The van der Waals surface area contributed by atoms with Crippen molar-refractivity contribution in [1.29, 1.82) is 0 Å². The van der Waals surface area contributed by atoms with Crippen LogP contribution in [0.1, 0.15) is 19.3 Å². The highest BCUT2D eigenvalue weighted by Crippen LogP contribution is 2.32. The standard InChI is InChI=1S/C7H11NO2/c9-7(10)5-2-1-4-3-6(5)8-4/h4-6,8H,1-3H2,(H,9,10)/t4-,5-,6?/m1/s1. The molecule has 3 fully saturated rings. The van der Waals surface area contributed by atoms with E-state index in [0.717, 1.165) is 19.3 Å². The molecule has 3 heteroatoms. The summed E-state index contributed by atoms with van der Waals surface area (Å²) in [5, 5.41) is 11.9. The van der Waals surface area contributed by atoms with Gasteiger partial charge in [0.2, 0.25) is 0 Å². The number of nitrogens with one attached hydrogen (secondary N) is 1. The van der Waals surface area contributed by atoms with Crippen LogP contribution in [0.5, 0.6) is 0 Å². The predicted octanol–water partition coefficient (Wildman–Crippen LogP) is 0.212. The maximum atomic E-state index is 10.5. The van der Waals surface area contributed by atoms with Crippen LogP contribution in [0.4, 0.5) is 0 Å². The van der Waals surface area contributed by atoms with Crippen molar-refractivity contribution in [3.05, 3.63) is 0 Å². The lowest BCUT2D eigenvalue weighted by Crippen LogP contribution is -2.61. The molecule has 3 nitrogen and oxygen atoms in total. The molecule has 1 unspecified atom stereocenters. The molecule has 0 aromatic carbocycles. The molecule has 0 spiro atoms. The summed E-state index contributed by atoms with van der Waals surface area (Å²) in [6.07, 6.45) is 3.00. The summed E-state index contributed by atoms with van der Waals surface area (Å²) in [6.45, 7) is 0. The number of hydrogen-bond donors (Lipinski definition) is 2. The summed E-state index contributed by atoms with van der Waals surface area (Å²) in [5.41, 5.74) is 0. The maximum absolute atomic E-state index is 10.5. The second-order valence-corrected chi connectivity index (χ2v) is 3.23. The zero-order valence-electron chi connectivity index (χ0n) is 5.71. The van der Waals surface area contributed by atoms with Gasteiger partial charge in [-0.05, 0) is 19.3 Å². The Bertz CT molecular complexity index is 160. The molecule has 10 heavy (non-hydrogen) atoms. The second kappa shape index (κ2) is 1.95. The fourth-order valence-electron chi connectivity index (χ4n) is 1.94. The number of carboxylic acids is 1. The summed E-state index contributed by atoms with van der Waals surface area (Å²) in [5.74, 6) is -0.736. The normalized spacial score (nSPS) is 44.2. The first-order valence-electron chi connectivity index (χ1n) is 3.76. The summed E-state index contributed by atoms with van der Waals surface area (Å²) < 4.78 is 0. The lowest BCUT2D eigenvalue weighted by atomic mass is 9.75. The van der Waals surface area contributed by atoms with Gasteiger partial charge in [0.05, 0.1) is 5.92 Å². The SMILES string of the molecule is O=C(O)[C@@H]1CC[C@@H]2CC1N2. The predicted molar refractivity (Wildman–Crippen MR) is 35.7 cm³/mol. The van der Waals surface area contributed by atoms with Gasteiger partial charge in [-0.15, -0.1) is 0 Å². The first-order chi connectivity index (χ1) is 4.77. The van der Waals surface area contributed by atoms with Crippen molar-refractivity contribution in [2.24, 2.45) is 5.92 Å². The molecule has 0 aromatic rings. The van der Waals surface area contributed by atoms with Crippen molar-refractivity contribution in [1.82, 2.24) is 5.32 Å². The van der Waals surface area contributed by atoms with E-state index >= 15 is 0 Å². The summed E-state index contributed by atoms with van der Waals surface area (Å²) in [7, 11) is 0. The van der Waals surface area contributed by atoms with E-state index in [4.69, 9.17) is 5.11 Å². The van der Waals surface area contributed by atoms with E-state index in [1.807, 2.05) is 0 Å². The fraction of sp³-hybridized carbons (Fsp3) is 0.857. The number of rotatable bonds is 1.